The minimum Gasteiger partial charge on any atom is -0.326 e. The quantitative estimate of drug-likeness (QED) is 0.352. The van der Waals surface area contributed by atoms with Crippen LogP contribution in [0.1, 0.15) is 114 Å². The maximum Gasteiger partial charge on any atom is 0.229 e. The van der Waals surface area contributed by atoms with Gasteiger partial charge in [-0.05, 0) is 92.2 Å². The molecule has 2 saturated carbocycles. The van der Waals surface area contributed by atoms with Crippen molar-refractivity contribution in [1.82, 2.24) is 0 Å². The van der Waals surface area contributed by atoms with Gasteiger partial charge >= 0.3 is 0 Å². The fourth-order valence-electron chi connectivity index (χ4n) is 6.09. The molecule has 0 atom stereocenters. The molecular weight excluding hydrogens is 486 g/mol. The summed E-state index contributed by atoms with van der Waals surface area (Å²) in [4.78, 5) is 39.2. The first kappa shape index (κ1) is 31.2. The number of amides is 3. The lowest BCUT2D eigenvalue weighted by Gasteiger charge is -2.36. The third-order valence-corrected chi connectivity index (χ3v) is 9.05. The van der Waals surface area contributed by atoms with Crippen molar-refractivity contribution in [2.24, 2.45) is 39.9 Å². The number of carbonyl (C=O) groups excluding carboxylic acids is 3. The van der Waals surface area contributed by atoms with E-state index in [2.05, 4.69) is 57.5 Å². The molecule has 0 saturated heterocycles. The Morgan fingerprint density at radius 1 is 0.538 bits per heavy atom. The van der Waals surface area contributed by atoms with Crippen molar-refractivity contribution in [3.63, 3.8) is 0 Å². The zero-order valence-corrected chi connectivity index (χ0v) is 25.9. The molecule has 2 aliphatic carbocycles. The molecule has 6 heteroatoms. The van der Waals surface area contributed by atoms with Gasteiger partial charge in [0.05, 0.1) is 0 Å². The molecule has 0 bridgehead atoms. The fourth-order valence-corrected chi connectivity index (χ4v) is 6.09. The Morgan fingerprint density at radius 3 is 1.13 bits per heavy atom. The predicted molar refractivity (Wildman–Crippen MR) is 162 cm³/mol. The van der Waals surface area contributed by atoms with E-state index < -0.39 is 5.41 Å². The predicted octanol–water partition coefficient (Wildman–Crippen LogP) is 8.25. The first-order chi connectivity index (χ1) is 17.9. The highest BCUT2D eigenvalue weighted by Crippen LogP contribution is 2.41. The molecule has 0 unspecified atom stereocenters. The van der Waals surface area contributed by atoms with Gasteiger partial charge in [-0.2, -0.15) is 0 Å². The average Bonchev–Trinajstić information content (AvgIpc) is 2.82. The maximum absolute atomic E-state index is 13.2. The Labute approximate surface area is 236 Å². The Balaban J connectivity index is 1.72. The van der Waals surface area contributed by atoms with Crippen molar-refractivity contribution in [2.45, 2.75) is 114 Å². The van der Waals surface area contributed by atoms with Crippen molar-refractivity contribution in [3.05, 3.63) is 18.2 Å². The molecule has 2 aliphatic rings. The third-order valence-electron chi connectivity index (χ3n) is 9.05. The molecule has 0 aliphatic heterocycles. The van der Waals surface area contributed by atoms with Gasteiger partial charge in [0.1, 0.15) is 0 Å². The molecule has 0 aromatic heterocycles. The number of nitrogens with one attached hydrogen (secondary N) is 3. The van der Waals surface area contributed by atoms with Crippen LogP contribution in [0, 0.1) is 39.9 Å². The molecule has 39 heavy (non-hydrogen) atoms. The largest absolute Gasteiger partial charge is 0.326 e. The monoisotopic (exact) mass is 539 g/mol. The molecule has 1 aromatic rings. The number of anilines is 3. The summed E-state index contributed by atoms with van der Waals surface area (Å²) in [6, 6.07) is 5.38. The third kappa shape index (κ3) is 8.81. The summed E-state index contributed by atoms with van der Waals surface area (Å²) in [6.07, 6.45) is 7.77. The molecule has 3 rings (SSSR count). The molecule has 6 nitrogen and oxygen atoms in total. The molecule has 2 fully saturated rings. The van der Waals surface area contributed by atoms with Crippen LogP contribution in [-0.2, 0) is 14.4 Å². The molecule has 1 aromatic carbocycles. The van der Waals surface area contributed by atoms with Gasteiger partial charge in [0.25, 0.3) is 0 Å². The van der Waals surface area contributed by atoms with Crippen LogP contribution < -0.4 is 16.0 Å². The van der Waals surface area contributed by atoms with E-state index in [1.807, 2.05) is 26.8 Å². The number of rotatable bonds is 5. The second kappa shape index (κ2) is 12.0. The van der Waals surface area contributed by atoms with Gasteiger partial charge < -0.3 is 16.0 Å². The zero-order chi connectivity index (χ0) is 29.2. The molecule has 0 radical (unpaired) electrons. The Bertz CT molecular complexity index is 959. The lowest BCUT2D eigenvalue weighted by Crippen LogP contribution is -2.32. The van der Waals surface area contributed by atoms with Crippen LogP contribution in [0.15, 0.2) is 18.2 Å². The minimum atomic E-state index is -0.569. The first-order valence-corrected chi connectivity index (χ1v) is 15.0. The topological polar surface area (TPSA) is 87.3 Å². The van der Waals surface area contributed by atoms with Gasteiger partial charge in [-0.25, -0.2) is 0 Å². The van der Waals surface area contributed by atoms with Crippen LogP contribution in [0.2, 0.25) is 0 Å². The molecular formula is C33H53N3O3. The van der Waals surface area contributed by atoms with E-state index in [9.17, 15) is 14.4 Å². The van der Waals surface area contributed by atoms with E-state index in [0.717, 1.165) is 51.4 Å². The van der Waals surface area contributed by atoms with Gasteiger partial charge in [-0.15, -0.1) is 0 Å². The van der Waals surface area contributed by atoms with E-state index in [-0.39, 0.29) is 40.4 Å². The van der Waals surface area contributed by atoms with Crippen molar-refractivity contribution in [2.75, 3.05) is 16.0 Å². The highest BCUT2D eigenvalue weighted by atomic mass is 16.2. The normalized spacial score (nSPS) is 24.5. The van der Waals surface area contributed by atoms with Crippen molar-refractivity contribution < 1.29 is 14.4 Å². The van der Waals surface area contributed by atoms with Crippen LogP contribution in [0.4, 0.5) is 17.1 Å². The van der Waals surface area contributed by atoms with Crippen molar-refractivity contribution in [1.29, 1.82) is 0 Å². The summed E-state index contributed by atoms with van der Waals surface area (Å²) in [5.41, 5.74) is 1.71. The van der Waals surface area contributed by atoms with Crippen LogP contribution in [-0.4, -0.2) is 17.7 Å². The molecule has 0 spiro atoms. The summed E-state index contributed by atoms with van der Waals surface area (Å²) in [5.74, 6) is 1.14. The van der Waals surface area contributed by atoms with Crippen LogP contribution in [0.25, 0.3) is 0 Å². The summed E-state index contributed by atoms with van der Waals surface area (Å²) < 4.78 is 0. The molecule has 3 amide bonds. The standard InChI is InChI=1S/C33H53N3O3/c1-31(2,3)23-14-10-21(11-15-23)28(37)34-25-18-26(20-27(19-25)36-30(39)33(7,8)9)35-29(38)22-12-16-24(17-13-22)32(4,5)6/h18-24H,10-17H2,1-9H3,(H,34,37)(H,35,38)(H,36,39)/t21-,22-,23-,24-. The van der Waals surface area contributed by atoms with Crippen molar-refractivity contribution >= 4 is 34.8 Å². The summed E-state index contributed by atoms with van der Waals surface area (Å²) in [6.45, 7) is 19.3. The number of hydrogen-bond donors (Lipinski definition) is 3. The van der Waals surface area contributed by atoms with Gasteiger partial charge in [0.2, 0.25) is 17.7 Å². The smallest absolute Gasteiger partial charge is 0.229 e. The Kier molecular flexibility index (Phi) is 9.60. The Hall–Kier alpha value is -2.37. The van der Waals surface area contributed by atoms with Crippen LogP contribution in [0.3, 0.4) is 0 Å². The van der Waals surface area contributed by atoms with Gasteiger partial charge in [-0.1, -0.05) is 62.3 Å². The Morgan fingerprint density at radius 2 is 0.846 bits per heavy atom. The van der Waals surface area contributed by atoms with Gasteiger partial charge in [-0.3, -0.25) is 14.4 Å². The van der Waals surface area contributed by atoms with Gasteiger partial charge in [0, 0.05) is 34.3 Å². The van der Waals surface area contributed by atoms with Gasteiger partial charge in [0.15, 0.2) is 0 Å². The first-order valence-electron chi connectivity index (χ1n) is 15.0. The summed E-state index contributed by atoms with van der Waals surface area (Å²) in [7, 11) is 0. The second-order valence-corrected chi connectivity index (χ2v) is 15.3. The lowest BCUT2D eigenvalue weighted by atomic mass is 9.69. The second-order valence-electron chi connectivity index (χ2n) is 15.3. The lowest BCUT2D eigenvalue weighted by molar-refractivity contribution is -0.123. The van der Waals surface area contributed by atoms with Crippen LogP contribution in [0.5, 0.6) is 0 Å². The molecule has 218 valence electrons. The summed E-state index contributed by atoms with van der Waals surface area (Å²) in [5, 5.41) is 9.15. The maximum atomic E-state index is 13.2. The van der Waals surface area contributed by atoms with Crippen molar-refractivity contribution in [3.8, 4) is 0 Å². The zero-order valence-electron chi connectivity index (χ0n) is 25.9. The minimum absolute atomic E-state index is 0.0134. The average molecular weight is 540 g/mol. The van der Waals surface area contributed by atoms with E-state index in [4.69, 9.17) is 0 Å². The highest BCUT2D eigenvalue weighted by Gasteiger charge is 2.34. The van der Waals surface area contributed by atoms with E-state index >= 15 is 0 Å². The van der Waals surface area contributed by atoms with E-state index in [0.29, 0.717) is 28.9 Å². The SMILES string of the molecule is CC(C)(C)C(=O)Nc1cc(NC(=O)[C@H]2CC[C@H](C(C)(C)C)CC2)cc(NC(=O)[C@H]2CC[C@H](C(C)(C)C)CC2)c1. The van der Waals surface area contributed by atoms with E-state index in [1.165, 1.54) is 0 Å². The van der Waals surface area contributed by atoms with E-state index in [1.54, 1.807) is 12.1 Å². The molecule has 3 N–H and O–H groups in total. The molecule has 0 heterocycles. The number of carbonyl (C=O) groups is 3. The highest BCUT2D eigenvalue weighted by molar-refractivity contribution is 5.99. The number of benzene rings is 1. The number of hydrogen-bond acceptors (Lipinski definition) is 3. The summed E-state index contributed by atoms with van der Waals surface area (Å²) >= 11 is 0. The fraction of sp³-hybridized carbons (Fsp3) is 0.727. The van der Waals surface area contributed by atoms with Crippen LogP contribution >= 0.6 is 0 Å².